The summed E-state index contributed by atoms with van der Waals surface area (Å²) in [7, 11) is 0. The van der Waals surface area contributed by atoms with Crippen molar-refractivity contribution in [3.63, 3.8) is 0 Å². The predicted octanol–water partition coefficient (Wildman–Crippen LogP) is 2.17. The van der Waals surface area contributed by atoms with Gasteiger partial charge in [-0.15, -0.1) is 0 Å². The van der Waals surface area contributed by atoms with E-state index in [0.29, 0.717) is 18.9 Å². The molecule has 0 bridgehead atoms. The zero-order chi connectivity index (χ0) is 17.1. The Labute approximate surface area is 141 Å². The Morgan fingerprint density at radius 3 is 2.79 bits per heavy atom. The molecular weight excluding hydrogens is 304 g/mol. The van der Waals surface area contributed by atoms with Crippen LogP contribution in [-0.4, -0.2) is 31.8 Å². The van der Waals surface area contributed by atoms with E-state index >= 15 is 0 Å². The molecule has 3 rings (SSSR count). The predicted molar refractivity (Wildman–Crippen MR) is 90.5 cm³/mol. The van der Waals surface area contributed by atoms with Crippen molar-refractivity contribution in [1.82, 2.24) is 19.9 Å². The number of hydrogen-bond acceptors (Lipinski definition) is 4. The number of carbonyl (C=O) groups is 1. The van der Waals surface area contributed by atoms with Gasteiger partial charge in [0.2, 0.25) is 0 Å². The Morgan fingerprint density at radius 2 is 2.17 bits per heavy atom. The van der Waals surface area contributed by atoms with Crippen molar-refractivity contribution in [3.8, 4) is 0 Å². The maximum Gasteiger partial charge on any atom is 0.345 e. The third-order valence-electron chi connectivity index (χ3n) is 3.95. The molecule has 0 aliphatic heterocycles. The number of pyridine rings is 1. The number of H-pyrrole nitrogens is 1. The van der Waals surface area contributed by atoms with Gasteiger partial charge in [-0.3, -0.25) is 9.78 Å². The maximum absolute atomic E-state index is 12.9. The molecule has 1 N–H and O–H groups in total. The van der Waals surface area contributed by atoms with Gasteiger partial charge in [0.25, 0.3) is 5.91 Å². The van der Waals surface area contributed by atoms with Crippen molar-refractivity contribution >= 4 is 5.91 Å². The largest absolute Gasteiger partial charge is 0.345 e. The number of rotatable bonds is 6. The van der Waals surface area contributed by atoms with E-state index in [-0.39, 0.29) is 17.6 Å². The molecule has 0 aromatic carbocycles. The monoisotopic (exact) mass is 326 g/mol. The number of aromatic nitrogens is 3. The number of amides is 1. The standard InChI is InChI=1S/C18H22N4O2/c1-12(2)9-14-10-16(21-18(24)20-14)17(23)22(15-6-7-15)11-13-5-3-4-8-19-13/h3-5,8,10,12,15H,6-7,9,11H2,1-2H3,(H,20,21,24). The quantitative estimate of drug-likeness (QED) is 0.882. The summed E-state index contributed by atoms with van der Waals surface area (Å²) in [5.74, 6) is 0.193. The van der Waals surface area contributed by atoms with Gasteiger partial charge in [0, 0.05) is 17.9 Å². The first-order valence-electron chi connectivity index (χ1n) is 8.34. The van der Waals surface area contributed by atoms with E-state index in [1.165, 1.54) is 0 Å². The minimum Gasteiger partial charge on any atom is -0.328 e. The Bertz CT molecular complexity index is 766. The highest BCUT2D eigenvalue weighted by molar-refractivity contribution is 5.92. The van der Waals surface area contributed by atoms with Crippen molar-refractivity contribution in [3.05, 3.63) is 58.0 Å². The van der Waals surface area contributed by atoms with Crippen LogP contribution in [0.25, 0.3) is 0 Å². The lowest BCUT2D eigenvalue weighted by Gasteiger charge is -2.21. The minimum absolute atomic E-state index is 0.195. The Morgan fingerprint density at radius 1 is 1.38 bits per heavy atom. The second kappa shape index (κ2) is 6.95. The molecule has 0 radical (unpaired) electrons. The summed E-state index contributed by atoms with van der Waals surface area (Å²) in [6.07, 6.45) is 4.40. The first-order chi connectivity index (χ1) is 11.5. The molecule has 1 aliphatic rings. The van der Waals surface area contributed by atoms with Crippen LogP contribution in [-0.2, 0) is 13.0 Å². The summed E-state index contributed by atoms with van der Waals surface area (Å²) < 4.78 is 0. The lowest BCUT2D eigenvalue weighted by Crippen LogP contribution is -2.35. The van der Waals surface area contributed by atoms with E-state index in [4.69, 9.17) is 0 Å². The Kier molecular flexibility index (Phi) is 4.74. The van der Waals surface area contributed by atoms with E-state index in [0.717, 1.165) is 24.2 Å². The lowest BCUT2D eigenvalue weighted by atomic mass is 10.1. The molecule has 1 amide bonds. The molecule has 6 nitrogen and oxygen atoms in total. The van der Waals surface area contributed by atoms with Gasteiger partial charge in [-0.2, -0.15) is 4.98 Å². The van der Waals surface area contributed by atoms with Gasteiger partial charge in [-0.25, -0.2) is 4.79 Å². The molecule has 2 heterocycles. The van der Waals surface area contributed by atoms with Crippen LogP contribution < -0.4 is 5.69 Å². The van der Waals surface area contributed by atoms with Crippen LogP contribution in [0, 0.1) is 5.92 Å². The fraction of sp³-hybridized carbons (Fsp3) is 0.444. The molecule has 1 saturated carbocycles. The highest BCUT2D eigenvalue weighted by atomic mass is 16.2. The summed E-state index contributed by atoms with van der Waals surface area (Å²) >= 11 is 0. The normalized spacial score (nSPS) is 14.0. The van der Waals surface area contributed by atoms with Gasteiger partial charge in [-0.05, 0) is 43.4 Å². The first kappa shape index (κ1) is 16.4. The number of aromatic amines is 1. The zero-order valence-corrected chi connectivity index (χ0v) is 14.0. The minimum atomic E-state index is -0.468. The molecular formula is C18H22N4O2. The average Bonchev–Trinajstić information content (AvgIpc) is 3.36. The Balaban J connectivity index is 1.85. The number of nitrogens with one attached hydrogen (secondary N) is 1. The molecule has 24 heavy (non-hydrogen) atoms. The third-order valence-corrected chi connectivity index (χ3v) is 3.95. The maximum atomic E-state index is 12.9. The summed E-state index contributed by atoms with van der Waals surface area (Å²) in [6.45, 7) is 4.58. The van der Waals surface area contributed by atoms with Crippen LogP contribution in [0.2, 0.25) is 0 Å². The third kappa shape index (κ3) is 4.07. The van der Waals surface area contributed by atoms with Crippen LogP contribution in [0.5, 0.6) is 0 Å². The first-order valence-corrected chi connectivity index (χ1v) is 8.34. The fourth-order valence-corrected chi connectivity index (χ4v) is 2.73. The van der Waals surface area contributed by atoms with Crippen molar-refractivity contribution in [1.29, 1.82) is 0 Å². The Hall–Kier alpha value is -2.50. The molecule has 2 aromatic heterocycles. The molecule has 0 atom stereocenters. The van der Waals surface area contributed by atoms with Gasteiger partial charge >= 0.3 is 5.69 Å². The van der Waals surface area contributed by atoms with Crippen LogP contribution >= 0.6 is 0 Å². The van der Waals surface area contributed by atoms with Crippen molar-refractivity contribution in [2.24, 2.45) is 5.92 Å². The molecule has 1 fully saturated rings. The van der Waals surface area contributed by atoms with Gasteiger partial charge in [-0.1, -0.05) is 19.9 Å². The van der Waals surface area contributed by atoms with Crippen LogP contribution in [0.1, 0.15) is 48.6 Å². The number of carbonyl (C=O) groups excluding carboxylic acids is 1. The van der Waals surface area contributed by atoms with Crippen molar-refractivity contribution in [2.45, 2.75) is 45.7 Å². The van der Waals surface area contributed by atoms with Crippen molar-refractivity contribution in [2.75, 3.05) is 0 Å². The molecule has 6 heteroatoms. The summed E-state index contributed by atoms with van der Waals surface area (Å²) in [4.78, 5) is 37.4. The zero-order valence-electron chi connectivity index (χ0n) is 14.0. The van der Waals surface area contributed by atoms with Gasteiger partial charge in [0.15, 0.2) is 0 Å². The molecule has 126 valence electrons. The van der Waals surface area contributed by atoms with Crippen molar-refractivity contribution < 1.29 is 4.79 Å². The van der Waals surface area contributed by atoms with E-state index in [2.05, 4.69) is 28.8 Å². The van der Waals surface area contributed by atoms with E-state index < -0.39 is 5.69 Å². The van der Waals surface area contributed by atoms with Gasteiger partial charge < -0.3 is 9.88 Å². The van der Waals surface area contributed by atoms with E-state index in [9.17, 15) is 9.59 Å². The average molecular weight is 326 g/mol. The molecule has 1 aliphatic carbocycles. The second-order valence-electron chi connectivity index (χ2n) is 6.68. The van der Waals surface area contributed by atoms with E-state index in [1.807, 2.05) is 18.2 Å². The van der Waals surface area contributed by atoms with Gasteiger partial charge in [0.05, 0.1) is 12.2 Å². The molecule has 0 unspecified atom stereocenters. The summed E-state index contributed by atoms with van der Waals surface area (Å²) in [6, 6.07) is 7.58. The lowest BCUT2D eigenvalue weighted by molar-refractivity contribution is 0.0721. The van der Waals surface area contributed by atoms with Crippen LogP contribution in [0.4, 0.5) is 0 Å². The van der Waals surface area contributed by atoms with E-state index in [1.54, 1.807) is 17.2 Å². The summed E-state index contributed by atoms with van der Waals surface area (Å²) in [5.41, 5.74) is 1.34. The number of nitrogens with zero attached hydrogens (tertiary/aromatic N) is 3. The SMILES string of the molecule is CC(C)Cc1cc(C(=O)N(Cc2ccccn2)C2CC2)nc(=O)[nH]1. The van der Waals surface area contributed by atoms with Crippen LogP contribution in [0.3, 0.4) is 0 Å². The summed E-state index contributed by atoms with van der Waals surface area (Å²) in [5, 5.41) is 0. The fourth-order valence-electron chi connectivity index (χ4n) is 2.73. The van der Waals surface area contributed by atoms with Crippen LogP contribution in [0.15, 0.2) is 35.3 Å². The molecule has 0 spiro atoms. The number of hydrogen-bond donors (Lipinski definition) is 1. The van der Waals surface area contributed by atoms with Gasteiger partial charge in [0.1, 0.15) is 5.69 Å². The highest BCUT2D eigenvalue weighted by Gasteiger charge is 2.34. The smallest absolute Gasteiger partial charge is 0.328 e. The molecule has 2 aromatic rings. The highest BCUT2D eigenvalue weighted by Crippen LogP contribution is 2.29. The topological polar surface area (TPSA) is 79.0 Å². The second-order valence-corrected chi connectivity index (χ2v) is 6.68. The molecule has 0 saturated heterocycles.